The van der Waals surface area contributed by atoms with E-state index in [1.54, 1.807) is 0 Å². The summed E-state index contributed by atoms with van der Waals surface area (Å²) in [5, 5.41) is 7.07. The van der Waals surface area contributed by atoms with Gasteiger partial charge in [-0.3, -0.25) is 0 Å². The molecule has 0 unspecified atom stereocenters. The topological polar surface area (TPSA) is 34.5 Å². The van der Waals surface area contributed by atoms with Gasteiger partial charge in [0.05, 0.1) is 16.9 Å². The highest BCUT2D eigenvalue weighted by Gasteiger charge is 2.46. The van der Waals surface area contributed by atoms with Crippen molar-refractivity contribution in [2.75, 3.05) is 4.90 Å². The molecule has 0 bridgehead atoms. The van der Waals surface area contributed by atoms with Gasteiger partial charge in [0, 0.05) is 64.0 Å². The number of nitrogens with zero attached hydrogens (tertiary/aromatic N) is 2. The number of hydrogen-bond acceptors (Lipinski definition) is 4. The zero-order valence-electron chi connectivity index (χ0n) is 33.2. The first-order chi connectivity index (χ1) is 29.4. The SMILES string of the molecule is CC(C)(C)c1ccc(N2c3cc4sc5ccccc5c4cc3B3c4c(cc5c(oc6ccccc65)c42)-c2cccc4c5oc6ccccc6c5n3c24)c(-c2ccccc2)c1. The minimum absolute atomic E-state index is 0.0453. The fourth-order valence-corrected chi connectivity index (χ4v) is 11.8. The van der Waals surface area contributed by atoms with E-state index >= 15 is 0 Å². The van der Waals surface area contributed by atoms with Gasteiger partial charge in [0.25, 0.3) is 0 Å². The van der Waals surface area contributed by atoms with Gasteiger partial charge in [-0.15, -0.1) is 11.3 Å². The highest BCUT2D eigenvalue weighted by atomic mass is 32.1. The predicted octanol–water partition coefficient (Wildman–Crippen LogP) is 14.2. The number of anilines is 3. The summed E-state index contributed by atoms with van der Waals surface area (Å²) in [6.07, 6.45) is 0. The molecule has 0 amide bonds. The molecule has 0 radical (unpaired) electrons. The third-order valence-electron chi connectivity index (χ3n) is 13.3. The number of fused-ring (bicyclic) bond motifs is 16. The van der Waals surface area contributed by atoms with E-state index in [1.807, 2.05) is 11.3 Å². The van der Waals surface area contributed by atoms with Crippen molar-refractivity contribution in [3.05, 3.63) is 163 Å². The number of para-hydroxylation sites is 3. The van der Waals surface area contributed by atoms with Gasteiger partial charge in [-0.2, -0.15) is 0 Å². The molecule has 0 saturated heterocycles. The van der Waals surface area contributed by atoms with E-state index in [4.69, 9.17) is 8.83 Å². The molecule has 60 heavy (non-hydrogen) atoms. The number of rotatable bonds is 2. The highest BCUT2D eigenvalue weighted by Crippen LogP contribution is 2.53. The summed E-state index contributed by atoms with van der Waals surface area (Å²) in [5.41, 5.74) is 17.9. The van der Waals surface area contributed by atoms with Crippen LogP contribution in [0, 0.1) is 0 Å². The first-order valence-corrected chi connectivity index (χ1v) is 21.6. The van der Waals surface area contributed by atoms with Crippen LogP contribution >= 0.6 is 11.3 Å². The van der Waals surface area contributed by atoms with Crippen LogP contribution < -0.4 is 15.8 Å². The molecule has 0 saturated carbocycles. The smallest absolute Gasteiger partial charge is 0.333 e. The monoisotopic (exact) mass is 786 g/mol. The lowest BCUT2D eigenvalue weighted by Gasteiger charge is -2.41. The van der Waals surface area contributed by atoms with Crippen LogP contribution in [0.4, 0.5) is 17.1 Å². The van der Waals surface area contributed by atoms with Gasteiger partial charge < -0.3 is 18.2 Å². The molecule has 12 aromatic rings. The van der Waals surface area contributed by atoms with Gasteiger partial charge in [0.1, 0.15) is 11.2 Å². The molecule has 8 aromatic carbocycles. The lowest BCUT2D eigenvalue weighted by Crippen LogP contribution is -2.56. The highest BCUT2D eigenvalue weighted by molar-refractivity contribution is 7.26. The van der Waals surface area contributed by atoms with Crippen LogP contribution in [0.2, 0.25) is 0 Å². The van der Waals surface area contributed by atoms with Crippen molar-refractivity contribution in [2.24, 2.45) is 0 Å². The lowest BCUT2D eigenvalue weighted by atomic mass is 9.45. The summed E-state index contributed by atoms with van der Waals surface area (Å²) in [7, 11) is 0. The first kappa shape index (κ1) is 32.9. The van der Waals surface area contributed by atoms with Crippen molar-refractivity contribution in [3.63, 3.8) is 0 Å². The van der Waals surface area contributed by atoms with Crippen molar-refractivity contribution in [1.29, 1.82) is 0 Å². The maximum absolute atomic E-state index is 7.17. The van der Waals surface area contributed by atoms with Crippen LogP contribution in [-0.4, -0.2) is 11.3 Å². The molecule has 2 aliphatic heterocycles. The van der Waals surface area contributed by atoms with Gasteiger partial charge in [-0.1, -0.05) is 124 Å². The standard InChI is InChI=1S/C54H35BN2O2S/c1-54(2,3)31-24-25-42(37(26-31)30-14-5-4-6-15-30)56-43-29-47-38(33-17-9-12-23-46(33)60-47)28-41(43)55-48-39(27-40-32-16-7-10-21-44(32)58-53(40)51(48)56)34-19-13-20-36-49(34)57(55)50-35-18-8-11-22-45(35)59-52(36)50/h4-29H,1-3H3. The molecule has 4 aromatic heterocycles. The first-order valence-electron chi connectivity index (χ1n) is 20.8. The van der Waals surface area contributed by atoms with Gasteiger partial charge in [0.2, 0.25) is 0 Å². The van der Waals surface area contributed by atoms with E-state index in [0.717, 1.165) is 66.5 Å². The van der Waals surface area contributed by atoms with E-state index < -0.39 is 0 Å². The van der Waals surface area contributed by atoms with E-state index in [1.165, 1.54) is 64.4 Å². The Morgan fingerprint density at radius 2 is 1.22 bits per heavy atom. The normalized spacial score (nSPS) is 13.5. The quantitative estimate of drug-likeness (QED) is 0.164. The summed E-state index contributed by atoms with van der Waals surface area (Å²) in [6.45, 7) is 6.73. The molecule has 0 fully saturated rings. The van der Waals surface area contributed by atoms with Crippen molar-refractivity contribution in [2.45, 2.75) is 26.2 Å². The molecule has 14 rings (SSSR count). The molecular formula is C54H35BN2O2S. The van der Waals surface area contributed by atoms with Crippen LogP contribution in [0.3, 0.4) is 0 Å². The maximum Gasteiger partial charge on any atom is 0.333 e. The number of hydrogen-bond donors (Lipinski definition) is 0. The summed E-state index contributed by atoms with van der Waals surface area (Å²) < 4.78 is 19.2. The van der Waals surface area contributed by atoms with Crippen LogP contribution in [0.5, 0.6) is 0 Å². The minimum Gasteiger partial charge on any atom is -0.454 e. The van der Waals surface area contributed by atoms with E-state index in [2.05, 4.69) is 188 Å². The Bertz CT molecular complexity index is 3840. The van der Waals surface area contributed by atoms with Crippen molar-refractivity contribution < 1.29 is 8.83 Å². The van der Waals surface area contributed by atoms with Gasteiger partial charge in [-0.25, -0.2) is 0 Å². The van der Waals surface area contributed by atoms with E-state index in [-0.39, 0.29) is 12.3 Å². The third-order valence-corrected chi connectivity index (χ3v) is 14.4. The Hall–Kier alpha value is -7.02. The fourth-order valence-electron chi connectivity index (χ4n) is 10.6. The summed E-state index contributed by atoms with van der Waals surface area (Å²) in [5.74, 6) is 0. The van der Waals surface area contributed by atoms with Crippen LogP contribution in [0.25, 0.3) is 97.3 Å². The largest absolute Gasteiger partial charge is 0.454 e. The Labute approximate surface area is 349 Å². The van der Waals surface area contributed by atoms with Crippen LogP contribution in [0.1, 0.15) is 26.3 Å². The molecule has 6 heteroatoms. The third kappa shape index (κ3) is 4.16. The summed E-state index contributed by atoms with van der Waals surface area (Å²) >= 11 is 1.87. The second kappa shape index (κ2) is 11.4. The minimum atomic E-state index is -0.174. The fraction of sp³-hybridized carbons (Fsp3) is 0.0741. The van der Waals surface area contributed by atoms with Crippen molar-refractivity contribution in [3.8, 4) is 22.3 Å². The molecule has 0 N–H and O–H groups in total. The summed E-state index contributed by atoms with van der Waals surface area (Å²) in [4.78, 5) is 2.56. The molecule has 6 heterocycles. The van der Waals surface area contributed by atoms with Gasteiger partial charge in [0.15, 0.2) is 11.2 Å². The molecule has 282 valence electrons. The Balaban J connectivity index is 1.22. The zero-order chi connectivity index (χ0) is 39.6. The number of benzene rings is 8. The maximum atomic E-state index is 7.17. The Kier molecular flexibility index (Phi) is 6.24. The van der Waals surface area contributed by atoms with E-state index in [9.17, 15) is 0 Å². The second-order valence-electron chi connectivity index (χ2n) is 17.6. The molecular weight excluding hydrogens is 751 g/mol. The number of thiophene rings is 1. The van der Waals surface area contributed by atoms with Crippen molar-refractivity contribution >= 4 is 121 Å². The zero-order valence-corrected chi connectivity index (χ0v) is 34.0. The lowest BCUT2D eigenvalue weighted by molar-refractivity contribution is 0.590. The van der Waals surface area contributed by atoms with E-state index in [0.29, 0.717) is 0 Å². The molecule has 0 aliphatic carbocycles. The average Bonchev–Trinajstić information content (AvgIpc) is 4.03. The number of aromatic nitrogens is 1. The molecule has 2 aliphatic rings. The predicted molar refractivity (Wildman–Crippen MR) is 254 cm³/mol. The average molecular weight is 787 g/mol. The molecule has 4 nitrogen and oxygen atoms in total. The van der Waals surface area contributed by atoms with Gasteiger partial charge >= 0.3 is 6.85 Å². The van der Waals surface area contributed by atoms with Crippen LogP contribution in [0.15, 0.2) is 167 Å². The molecule has 0 atom stereocenters. The van der Waals surface area contributed by atoms with Crippen molar-refractivity contribution in [1.82, 2.24) is 4.48 Å². The Morgan fingerprint density at radius 1 is 0.500 bits per heavy atom. The Morgan fingerprint density at radius 3 is 2.05 bits per heavy atom. The van der Waals surface area contributed by atoms with Crippen LogP contribution in [-0.2, 0) is 5.41 Å². The molecule has 0 spiro atoms. The summed E-state index contributed by atoms with van der Waals surface area (Å²) in [6, 6.07) is 58.1. The number of furan rings is 2. The second-order valence-corrected chi connectivity index (χ2v) is 18.7. The van der Waals surface area contributed by atoms with Gasteiger partial charge in [-0.05, 0) is 87.6 Å².